The molecule has 1 aliphatic rings. The van der Waals surface area contributed by atoms with Gasteiger partial charge in [-0.25, -0.2) is 5.10 Å². The van der Waals surface area contributed by atoms with E-state index in [4.69, 9.17) is 4.42 Å². The lowest BCUT2D eigenvalue weighted by molar-refractivity contribution is -0.127. The highest BCUT2D eigenvalue weighted by molar-refractivity contribution is 7.99. The highest BCUT2D eigenvalue weighted by atomic mass is 32.2. The number of para-hydroxylation sites is 2. The van der Waals surface area contributed by atoms with Crippen LogP contribution in [-0.4, -0.2) is 49.8 Å². The molecular weight excluding hydrogens is 623 g/mol. The summed E-state index contributed by atoms with van der Waals surface area (Å²) in [5, 5.41) is 21.9. The number of thioether (sulfide) groups is 1. The first-order valence-electron chi connectivity index (χ1n) is 15.8. The third-order valence-corrected chi connectivity index (χ3v) is 9.57. The second-order valence-corrected chi connectivity index (χ2v) is 13.5. The number of nitrogens with zero attached hydrogens (tertiary/aromatic N) is 4. The van der Waals surface area contributed by atoms with E-state index in [1.54, 1.807) is 16.7 Å². The summed E-state index contributed by atoms with van der Waals surface area (Å²) in [6.07, 6.45) is 0.196. The van der Waals surface area contributed by atoms with E-state index < -0.39 is 11.6 Å². The summed E-state index contributed by atoms with van der Waals surface area (Å²) >= 11 is 1.58. The molecule has 11 heteroatoms. The quantitative estimate of drug-likeness (QED) is 0.155. The molecule has 3 N–H and O–H groups in total. The van der Waals surface area contributed by atoms with Gasteiger partial charge in [0.15, 0.2) is 5.82 Å². The standard InChI is InChI=1S/C37H35N7O3S/c1-37(2,38-21-27-19-26-9-3-7-13-32(26)47-27)20-34(45)39-30-23-48-33-14-8-6-12-31(33)44(36(30)46)22-24-15-17-25(18-16-24)28-10-4-5-11-29(28)35-40-42-43-41-35/h3-19,30,38H,20-23H2,1-2H3,(H,39,45)(H,40,41,42,43)/t30-/m1/s1. The first-order chi connectivity index (χ1) is 23.3. The average molecular weight is 658 g/mol. The van der Waals surface area contributed by atoms with E-state index in [2.05, 4.69) is 31.3 Å². The van der Waals surface area contributed by atoms with Crippen LogP contribution in [0.1, 0.15) is 31.6 Å². The molecule has 0 saturated carbocycles. The Labute approximate surface area is 282 Å². The summed E-state index contributed by atoms with van der Waals surface area (Å²) in [5.41, 5.74) is 5.00. The predicted molar refractivity (Wildman–Crippen MR) is 187 cm³/mol. The maximum atomic E-state index is 14.1. The zero-order valence-corrected chi connectivity index (χ0v) is 27.5. The van der Waals surface area contributed by atoms with Gasteiger partial charge in [-0.2, -0.15) is 0 Å². The first-order valence-corrected chi connectivity index (χ1v) is 16.8. The number of aromatic amines is 1. The van der Waals surface area contributed by atoms with Gasteiger partial charge < -0.3 is 20.0 Å². The van der Waals surface area contributed by atoms with Crippen molar-refractivity contribution in [1.82, 2.24) is 31.3 Å². The van der Waals surface area contributed by atoms with E-state index in [1.807, 2.05) is 117 Å². The first kappa shape index (κ1) is 31.3. The Hall–Kier alpha value is -5.26. The van der Waals surface area contributed by atoms with Gasteiger partial charge in [0.05, 0.1) is 18.8 Å². The number of hydrogen-bond donors (Lipinski definition) is 3. The zero-order chi connectivity index (χ0) is 33.1. The summed E-state index contributed by atoms with van der Waals surface area (Å²) in [6, 6.07) is 33.2. The van der Waals surface area contributed by atoms with Crippen LogP contribution in [-0.2, 0) is 22.7 Å². The summed E-state index contributed by atoms with van der Waals surface area (Å²) in [6.45, 7) is 4.80. The van der Waals surface area contributed by atoms with E-state index in [9.17, 15) is 9.59 Å². The van der Waals surface area contributed by atoms with Crippen molar-refractivity contribution >= 4 is 40.2 Å². The van der Waals surface area contributed by atoms with Crippen LogP contribution < -0.4 is 15.5 Å². The number of nitrogens with one attached hydrogen (secondary N) is 3. The maximum absolute atomic E-state index is 14.1. The fourth-order valence-corrected chi connectivity index (χ4v) is 7.04. The molecule has 0 aliphatic carbocycles. The van der Waals surface area contributed by atoms with Crippen molar-refractivity contribution in [2.45, 2.75) is 49.8 Å². The molecule has 1 aliphatic heterocycles. The minimum atomic E-state index is -0.678. The Morgan fingerprint density at radius 2 is 1.73 bits per heavy atom. The highest BCUT2D eigenvalue weighted by Gasteiger charge is 2.33. The second-order valence-electron chi connectivity index (χ2n) is 12.5. The molecule has 0 saturated heterocycles. The minimum Gasteiger partial charge on any atom is -0.460 e. The van der Waals surface area contributed by atoms with Gasteiger partial charge in [0, 0.05) is 33.6 Å². The summed E-state index contributed by atoms with van der Waals surface area (Å²) in [7, 11) is 0. The number of fused-ring (bicyclic) bond motifs is 2. The van der Waals surface area contributed by atoms with Crippen LogP contribution >= 0.6 is 11.8 Å². The van der Waals surface area contributed by atoms with E-state index in [0.29, 0.717) is 24.7 Å². The summed E-state index contributed by atoms with van der Waals surface area (Å²) < 4.78 is 5.93. The molecule has 0 fully saturated rings. The average Bonchev–Trinajstić information content (AvgIpc) is 3.77. The van der Waals surface area contributed by atoms with Crippen LogP contribution in [0.2, 0.25) is 0 Å². The van der Waals surface area contributed by atoms with Crippen molar-refractivity contribution in [3.05, 3.63) is 114 Å². The molecule has 242 valence electrons. The molecule has 7 rings (SSSR count). The molecule has 0 radical (unpaired) electrons. The van der Waals surface area contributed by atoms with Crippen LogP contribution in [0, 0.1) is 0 Å². The molecule has 6 aromatic rings. The number of carbonyl (C=O) groups is 2. The Morgan fingerprint density at radius 3 is 2.52 bits per heavy atom. The maximum Gasteiger partial charge on any atom is 0.250 e. The predicted octanol–water partition coefficient (Wildman–Crippen LogP) is 6.36. The van der Waals surface area contributed by atoms with Crippen LogP contribution in [0.4, 0.5) is 5.69 Å². The summed E-state index contributed by atoms with van der Waals surface area (Å²) in [4.78, 5) is 30.3. The zero-order valence-electron chi connectivity index (χ0n) is 26.6. The highest BCUT2D eigenvalue weighted by Crippen LogP contribution is 2.36. The molecule has 0 bridgehead atoms. The number of rotatable bonds is 10. The molecule has 10 nitrogen and oxygen atoms in total. The Bertz CT molecular complexity index is 2020. The van der Waals surface area contributed by atoms with E-state index >= 15 is 0 Å². The Morgan fingerprint density at radius 1 is 0.979 bits per heavy atom. The number of anilines is 1. The van der Waals surface area contributed by atoms with Gasteiger partial charge in [-0.15, -0.1) is 16.9 Å². The third kappa shape index (κ3) is 6.87. The number of aromatic nitrogens is 4. The van der Waals surface area contributed by atoms with Gasteiger partial charge in [0.1, 0.15) is 17.4 Å². The van der Waals surface area contributed by atoms with Crippen molar-refractivity contribution in [1.29, 1.82) is 0 Å². The smallest absolute Gasteiger partial charge is 0.250 e. The van der Waals surface area contributed by atoms with E-state index in [1.165, 1.54) is 0 Å². The second kappa shape index (κ2) is 13.5. The third-order valence-electron chi connectivity index (χ3n) is 8.41. The number of H-pyrrole nitrogens is 1. The molecule has 2 amide bonds. The largest absolute Gasteiger partial charge is 0.460 e. The number of furan rings is 1. The molecule has 48 heavy (non-hydrogen) atoms. The van der Waals surface area contributed by atoms with Gasteiger partial charge in [-0.1, -0.05) is 78.9 Å². The lowest BCUT2D eigenvalue weighted by Crippen LogP contribution is -2.51. The van der Waals surface area contributed by atoms with Crippen LogP contribution in [0.25, 0.3) is 33.5 Å². The van der Waals surface area contributed by atoms with Crippen LogP contribution in [0.15, 0.2) is 112 Å². The summed E-state index contributed by atoms with van der Waals surface area (Å²) in [5.74, 6) is 1.51. The van der Waals surface area contributed by atoms with Crippen LogP contribution in [0.3, 0.4) is 0 Å². The van der Waals surface area contributed by atoms with Crippen molar-refractivity contribution in [3.8, 4) is 22.5 Å². The van der Waals surface area contributed by atoms with Crippen molar-refractivity contribution in [2.75, 3.05) is 10.7 Å². The molecule has 3 heterocycles. The Balaban J connectivity index is 1.04. The topological polar surface area (TPSA) is 129 Å². The monoisotopic (exact) mass is 657 g/mol. The molecule has 0 spiro atoms. The molecule has 1 atom stereocenters. The molecule has 4 aromatic carbocycles. The lowest BCUT2D eigenvalue weighted by atomic mass is 9.98. The van der Waals surface area contributed by atoms with Crippen LogP contribution in [0.5, 0.6) is 0 Å². The van der Waals surface area contributed by atoms with E-state index in [-0.39, 0.29) is 18.2 Å². The molecule has 2 aromatic heterocycles. The normalized spacial score (nSPS) is 14.9. The molecular formula is C37H35N7O3S. The number of carbonyl (C=O) groups excluding carboxylic acids is 2. The SMILES string of the molecule is CC(C)(CC(=O)N[C@@H]1CSc2ccccc2N(Cc2ccc(-c3ccccc3-c3nnn[nH]3)cc2)C1=O)NCc1cc2ccccc2o1. The van der Waals surface area contributed by atoms with Crippen molar-refractivity contribution in [2.24, 2.45) is 0 Å². The fraction of sp³-hybridized carbons (Fsp3) is 0.216. The lowest BCUT2D eigenvalue weighted by Gasteiger charge is -2.28. The van der Waals surface area contributed by atoms with Gasteiger partial charge in [0.2, 0.25) is 5.91 Å². The van der Waals surface area contributed by atoms with Crippen molar-refractivity contribution in [3.63, 3.8) is 0 Å². The van der Waals surface area contributed by atoms with Gasteiger partial charge in [-0.3, -0.25) is 9.59 Å². The molecule has 0 unspecified atom stereocenters. The fourth-order valence-electron chi connectivity index (χ4n) is 5.97. The number of amides is 2. The van der Waals surface area contributed by atoms with Gasteiger partial charge in [0.25, 0.3) is 5.91 Å². The minimum absolute atomic E-state index is 0.138. The number of tetrazole rings is 1. The van der Waals surface area contributed by atoms with Gasteiger partial charge >= 0.3 is 0 Å². The number of benzene rings is 4. The van der Waals surface area contributed by atoms with Gasteiger partial charge in [-0.05, 0) is 65.2 Å². The van der Waals surface area contributed by atoms with Crippen molar-refractivity contribution < 1.29 is 14.0 Å². The Kier molecular flexibility index (Phi) is 8.79. The van der Waals surface area contributed by atoms with E-state index in [0.717, 1.165) is 49.6 Å². The number of hydrogen-bond acceptors (Lipinski definition) is 8.